The largest absolute Gasteiger partial charge is 0.396 e. The fraction of sp³-hybridized carbons (Fsp3) is 0. The lowest BCUT2D eigenvalue weighted by Crippen LogP contribution is -1.95. The van der Waals surface area contributed by atoms with E-state index in [1.54, 1.807) is 6.20 Å². The molecule has 0 bridgehead atoms. The van der Waals surface area contributed by atoms with Gasteiger partial charge in [-0.05, 0) is 15.9 Å². The van der Waals surface area contributed by atoms with E-state index in [4.69, 9.17) is 11.5 Å². The minimum atomic E-state index is 0.504. The van der Waals surface area contributed by atoms with Crippen LogP contribution in [-0.4, -0.2) is 4.98 Å². The van der Waals surface area contributed by atoms with Crippen molar-refractivity contribution < 1.29 is 0 Å². The summed E-state index contributed by atoms with van der Waals surface area (Å²) in [5, 5.41) is 0. The molecule has 0 spiro atoms. The van der Waals surface area contributed by atoms with Crippen LogP contribution in [0.2, 0.25) is 0 Å². The van der Waals surface area contributed by atoms with Crippen LogP contribution in [-0.2, 0) is 0 Å². The summed E-state index contributed by atoms with van der Waals surface area (Å²) in [6.45, 7) is 0. The number of pyridine rings is 1. The molecule has 0 aromatic carbocycles. The van der Waals surface area contributed by atoms with Gasteiger partial charge in [-0.25, -0.2) is 0 Å². The van der Waals surface area contributed by atoms with Gasteiger partial charge in [0.15, 0.2) is 0 Å². The van der Waals surface area contributed by atoms with Gasteiger partial charge in [-0.1, -0.05) is 0 Å². The second-order valence-corrected chi connectivity index (χ2v) is 2.48. The van der Waals surface area contributed by atoms with Gasteiger partial charge in [0, 0.05) is 6.20 Å². The average molecular weight is 188 g/mol. The highest BCUT2D eigenvalue weighted by molar-refractivity contribution is 9.10. The Morgan fingerprint density at radius 1 is 1.33 bits per heavy atom. The van der Waals surface area contributed by atoms with Crippen LogP contribution in [0.3, 0.4) is 0 Å². The molecule has 3 nitrogen and oxygen atoms in total. The van der Waals surface area contributed by atoms with Gasteiger partial charge < -0.3 is 11.5 Å². The summed E-state index contributed by atoms with van der Waals surface area (Å²) in [4.78, 5) is 3.79. The number of halogens is 1. The van der Waals surface area contributed by atoms with E-state index in [1.807, 2.05) is 0 Å². The molecule has 1 rings (SSSR count). The van der Waals surface area contributed by atoms with Crippen LogP contribution < -0.4 is 11.5 Å². The summed E-state index contributed by atoms with van der Waals surface area (Å²) < 4.78 is 0.738. The summed E-state index contributed by atoms with van der Waals surface area (Å²) in [6.07, 6.45) is 3.12. The normalized spacial score (nSPS) is 9.44. The second-order valence-electron chi connectivity index (χ2n) is 1.62. The smallest absolute Gasteiger partial charge is 0.0745 e. The maximum absolute atomic E-state index is 5.47. The van der Waals surface area contributed by atoms with E-state index in [2.05, 4.69) is 20.9 Å². The van der Waals surface area contributed by atoms with Gasteiger partial charge in [-0.15, -0.1) is 0 Å². The van der Waals surface area contributed by atoms with Crippen LogP contribution in [0, 0.1) is 0 Å². The first kappa shape index (κ1) is 6.35. The van der Waals surface area contributed by atoms with E-state index in [-0.39, 0.29) is 0 Å². The van der Waals surface area contributed by atoms with E-state index in [9.17, 15) is 0 Å². The van der Waals surface area contributed by atoms with Crippen molar-refractivity contribution in [2.45, 2.75) is 0 Å². The van der Waals surface area contributed by atoms with Crippen molar-refractivity contribution in [1.82, 2.24) is 4.98 Å². The molecule has 0 aliphatic carbocycles. The monoisotopic (exact) mass is 187 g/mol. The molecule has 1 heterocycles. The molecule has 0 saturated heterocycles. The lowest BCUT2D eigenvalue weighted by molar-refractivity contribution is 1.32. The molecule has 0 atom stereocenters. The predicted molar refractivity (Wildman–Crippen MR) is 40.8 cm³/mol. The van der Waals surface area contributed by atoms with E-state index in [0.29, 0.717) is 11.4 Å². The standard InChI is InChI=1S/C5H6BrN3/c6-3-1-9-2-4(7)5(3)8/h1-2H,7H2,(H2,8,9). The third-order valence-corrected chi connectivity index (χ3v) is 1.60. The quantitative estimate of drug-likeness (QED) is 0.638. The minimum absolute atomic E-state index is 0.504. The van der Waals surface area contributed by atoms with Gasteiger partial charge in [-0.2, -0.15) is 0 Å². The molecule has 9 heavy (non-hydrogen) atoms. The minimum Gasteiger partial charge on any atom is -0.396 e. The maximum atomic E-state index is 5.47. The molecule has 0 fully saturated rings. The Balaban J connectivity index is 3.25. The highest BCUT2D eigenvalue weighted by Gasteiger charge is 1.96. The molecule has 0 aliphatic rings. The van der Waals surface area contributed by atoms with Crippen LogP contribution in [0.25, 0.3) is 0 Å². The van der Waals surface area contributed by atoms with Gasteiger partial charge in [-0.3, -0.25) is 4.98 Å². The number of hydrogen-bond donors (Lipinski definition) is 2. The number of nitrogen functional groups attached to an aromatic ring is 2. The Morgan fingerprint density at radius 2 is 2.00 bits per heavy atom. The number of rotatable bonds is 0. The van der Waals surface area contributed by atoms with Crippen LogP contribution in [0.4, 0.5) is 11.4 Å². The molecule has 4 heteroatoms. The lowest BCUT2D eigenvalue weighted by Gasteiger charge is -1.98. The lowest BCUT2D eigenvalue weighted by atomic mass is 10.4. The molecule has 1 aromatic rings. The molecule has 4 N–H and O–H groups in total. The molecule has 0 aliphatic heterocycles. The Labute approximate surface area is 61.2 Å². The Hall–Kier alpha value is -0.770. The first-order valence-electron chi connectivity index (χ1n) is 2.36. The van der Waals surface area contributed by atoms with E-state index in [1.165, 1.54) is 6.20 Å². The van der Waals surface area contributed by atoms with Gasteiger partial charge in [0.2, 0.25) is 0 Å². The van der Waals surface area contributed by atoms with E-state index < -0.39 is 0 Å². The van der Waals surface area contributed by atoms with Crippen molar-refractivity contribution in [2.24, 2.45) is 0 Å². The van der Waals surface area contributed by atoms with Gasteiger partial charge in [0.1, 0.15) is 0 Å². The summed E-state index contributed by atoms with van der Waals surface area (Å²) >= 11 is 3.18. The first-order chi connectivity index (χ1) is 4.22. The molecular weight excluding hydrogens is 182 g/mol. The van der Waals surface area contributed by atoms with E-state index >= 15 is 0 Å². The Morgan fingerprint density at radius 3 is 2.44 bits per heavy atom. The highest BCUT2D eigenvalue weighted by Crippen LogP contribution is 2.22. The van der Waals surface area contributed by atoms with Crippen LogP contribution in [0.1, 0.15) is 0 Å². The van der Waals surface area contributed by atoms with Crippen molar-refractivity contribution in [1.29, 1.82) is 0 Å². The van der Waals surface area contributed by atoms with Crippen LogP contribution in [0.15, 0.2) is 16.9 Å². The Kier molecular flexibility index (Phi) is 1.57. The van der Waals surface area contributed by atoms with E-state index in [0.717, 1.165) is 4.47 Å². The fourth-order valence-corrected chi connectivity index (χ4v) is 0.807. The molecule has 0 radical (unpaired) electrons. The molecule has 0 saturated carbocycles. The van der Waals surface area contributed by atoms with Crippen LogP contribution in [0.5, 0.6) is 0 Å². The Bertz CT molecular complexity index is 203. The third kappa shape index (κ3) is 1.13. The number of aromatic nitrogens is 1. The highest BCUT2D eigenvalue weighted by atomic mass is 79.9. The SMILES string of the molecule is Nc1cncc(Br)c1N. The van der Waals surface area contributed by atoms with Gasteiger partial charge >= 0.3 is 0 Å². The zero-order valence-electron chi connectivity index (χ0n) is 4.63. The molecule has 48 valence electrons. The van der Waals surface area contributed by atoms with Crippen molar-refractivity contribution in [3.63, 3.8) is 0 Å². The van der Waals surface area contributed by atoms with Crippen molar-refractivity contribution >= 4 is 27.3 Å². The average Bonchev–Trinajstić information content (AvgIpc) is 1.83. The predicted octanol–water partition coefficient (Wildman–Crippen LogP) is 1.01. The zero-order valence-corrected chi connectivity index (χ0v) is 6.22. The summed E-state index contributed by atoms with van der Waals surface area (Å²) in [5.74, 6) is 0. The number of nitrogens with two attached hydrogens (primary N) is 2. The van der Waals surface area contributed by atoms with Gasteiger partial charge in [0.05, 0.1) is 22.0 Å². The molecule has 0 unspecified atom stereocenters. The second kappa shape index (κ2) is 2.23. The maximum Gasteiger partial charge on any atom is 0.0745 e. The summed E-state index contributed by atoms with van der Waals surface area (Å²) in [7, 11) is 0. The number of nitrogens with zero attached hydrogens (tertiary/aromatic N) is 1. The molecule has 1 aromatic heterocycles. The number of hydrogen-bond acceptors (Lipinski definition) is 3. The van der Waals surface area contributed by atoms with Crippen molar-refractivity contribution in [3.05, 3.63) is 16.9 Å². The summed E-state index contributed by atoms with van der Waals surface area (Å²) in [6, 6.07) is 0. The molecular formula is C5H6BrN3. The van der Waals surface area contributed by atoms with Crippen LogP contribution >= 0.6 is 15.9 Å². The first-order valence-corrected chi connectivity index (χ1v) is 3.15. The third-order valence-electron chi connectivity index (χ3n) is 0.970. The topological polar surface area (TPSA) is 64.9 Å². The zero-order chi connectivity index (χ0) is 6.85. The van der Waals surface area contributed by atoms with Gasteiger partial charge in [0.25, 0.3) is 0 Å². The molecule has 0 amide bonds. The van der Waals surface area contributed by atoms with Crippen molar-refractivity contribution in [2.75, 3.05) is 11.5 Å². The van der Waals surface area contributed by atoms with Crippen molar-refractivity contribution in [3.8, 4) is 0 Å². The number of anilines is 2. The summed E-state index contributed by atoms with van der Waals surface area (Å²) in [5.41, 5.74) is 11.9. The fourth-order valence-electron chi connectivity index (χ4n) is 0.460.